The van der Waals surface area contributed by atoms with Crippen LogP contribution in [0.25, 0.3) is 6.08 Å². The minimum absolute atomic E-state index is 0.0122. The molecule has 24 heavy (non-hydrogen) atoms. The number of likely N-dealkylation sites (tertiary alicyclic amines) is 1. The summed E-state index contributed by atoms with van der Waals surface area (Å²) in [5.41, 5.74) is 0.884. The van der Waals surface area contributed by atoms with Gasteiger partial charge in [-0.15, -0.1) is 0 Å². The van der Waals surface area contributed by atoms with Crippen LogP contribution >= 0.6 is 0 Å². The van der Waals surface area contributed by atoms with Crippen LogP contribution in [0.1, 0.15) is 36.0 Å². The Morgan fingerprint density at radius 2 is 2.25 bits per heavy atom. The molecule has 126 valence electrons. The van der Waals surface area contributed by atoms with Gasteiger partial charge in [-0.1, -0.05) is 23.4 Å². The van der Waals surface area contributed by atoms with E-state index in [4.69, 9.17) is 9.26 Å². The van der Waals surface area contributed by atoms with E-state index in [-0.39, 0.29) is 11.8 Å². The number of hydrogen-bond donors (Lipinski definition) is 0. The number of aryl methyl sites for hydroxylation is 1. The molecular formula is C18H21N3O3. The van der Waals surface area contributed by atoms with Gasteiger partial charge in [0.25, 0.3) is 0 Å². The molecule has 6 nitrogen and oxygen atoms in total. The number of ether oxygens (including phenoxy) is 1. The molecule has 0 radical (unpaired) electrons. The van der Waals surface area contributed by atoms with Crippen LogP contribution in [0.4, 0.5) is 0 Å². The summed E-state index contributed by atoms with van der Waals surface area (Å²) in [5.74, 6) is 2.10. The maximum absolute atomic E-state index is 12.5. The fraction of sp³-hybridized carbons (Fsp3) is 0.389. The van der Waals surface area contributed by atoms with Crippen molar-refractivity contribution < 1.29 is 14.1 Å². The summed E-state index contributed by atoms with van der Waals surface area (Å²) in [6, 6.07) is 7.61. The Hall–Kier alpha value is -2.63. The summed E-state index contributed by atoms with van der Waals surface area (Å²) in [4.78, 5) is 18.6. The van der Waals surface area contributed by atoms with E-state index in [1.54, 1.807) is 26.2 Å². The van der Waals surface area contributed by atoms with Crippen LogP contribution in [0.5, 0.6) is 5.75 Å². The second-order valence-corrected chi connectivity index (χ2v) is 5.88. The first-order valence-electron chi connectivity index (χ1n) is 8.07. The number of para-hydroxylation sites is 1. The van der Waals surface area contributed by atoms with Crippen molar-refractivity contribution in [2.45, 2.75) is 25.7 Å². The molecular weight excluding hydrogens is 306 g/mol. The van der Waals surface area contributed by atoms with Gasteiger partial charge in [0.2, 0.25) is 11.8 Å². The Labute approximate surface area is 141 Å². The lowest BCUT2D eigenvalue weighted by atomic mass is 9.98. The molecule has 1 amide bonds. The van der Waals surface area contributed by atoms with E-state index in [2.05, 4.69) is 10.1 Å². The number of rotatable bonds is 4. The Balaban J connectivity index is 1.67. The van der Waals surface area contributed by atoms with Crippen LogP contribution in [-0.2, 0) is 4.79 Å². The molecule has 0 N–H and O–H groups in total. The molecule has 1 saturated heterocycles. The maximum Gasteiger partial charge on any atom is 0.246 e. The average Bonchev–Trinajstić information content (AvgIpc) is 3.06. The number of aromatic nitrogens is 2. The second-order valence-electron chi connectivity index (χ2n) is 5.88. The zero-order valence-electron chi connectivity index (χ0n) is 13.9. The van der Waals surface area contributed by atoms with Gasteiger partial charge >= 0.3 is 0 Å². The van der Waals surface area contributed by atoms with Crippen LogP contribution in [0.15, 0.2) is 34.9 Å². The number of hydrogen-bond acceptors (Lipinski definition) is 5. The Morgan fingerprint density at radius 3 is 3.00 bits per heavy atom. The van der Waals surface area contributed by atoms with Crippen molar-refractivity contribution in [3.8, 4) is 5.75 Å². The van der Waals surface area contributed by atoms with Gasteiger partial charge in [0.1, 0.15) is 5.75 Å². The van der Waals surface area contributed by atoms with Crippen molar-refractivity contribution in [2.75, 3.05) is 20.2 Å². The number of carbonyl (C=O) groups excluding carboxylic acids is 1. The smallest absolute Gasteiger partial charge is 0.246 e. The normalized spacial score (nSPS) is 18.1. The molecule has 6 heteroatoms. The zero-order valence-corrected chi connectivity index (χ0v) is 13.9. The molecule has 1 fully saturated rings. The number of amides is 1. The largest absolute Gasteiger partial charge is 0.496 e. The second kappa shape index (κ2) is 7.29. The predicted molar refractivity (Wildman–Crippen MR) is 89.6 cm³/mol. The van der Waals surface area contributed by atoms with Crippen LogP contribution in [0.3, 0.4) is 0 Å². The third-order valence-electron chi connectivity index (χ3n) is 4.17. The molecule has 0 bridgehead atoms. The van der Waals surface area contributed by atoms with Gasteiger partial charge in [0.15, 0.2) is 5.82 Å². The minimum atomic E-state index is -0.0122. The van der Waals surface area contributed by atoms with Crippen molar-refractivity contribution >= 4 is 12.0 Å². The van der Waals surface area contributed by atoms with Crippen molar-refractivity contribution in [2.24, 2.45) is 0 Å². The first kappa shape index (κ1) is 16.2. The number of carbonyl (C=O) groups is 1. The topological polar surface area (TPSA) is 68.5 Å². The number of piperidine rings is 1. The summed E-state index contributed by atoms with van der Waals surface area (Å²) in [6.45, 7) is 3.16. The van der Waals surface area contributed by atoms with Crippen molar-refractivity contribution in [3.63, 3.8) is 0 Å². The Bertz CT molecular complexity index is 739. The third-order valence-corrected chi connectivity index (χ3v) is 4.17. The summed E-state index contributed by atoms with van der Waals surface area (Å²) in [5, 5.41) is 3.84. The summed E-state index contributed by atoms with van der Waals surface area (Å²) < 4.78 is 10.6. The fourth-order valence-electron chi connectivity index (χ4n) is 2.93. The summed E-state index contributed by atoms with van der Waals surface area (Å²) in [7, 11) is 1.62. The monoisotopic (exact) mass is 327 g/mol. The van der Waals surface area contributed by atoms with Crippen molar-refractivity contribution in [1.29, 1.82) is 0 Å². The van der Waals surface area contributed by atoms with Gasteiger partial charge in [-0.05, 0) is 31.9 Å². The molecule has 0 spiro atoms. The van der Waals surface area contributed by atoms with Gasteiger partial charge in [-0.3, -0.25) is 4.79 Å². The lowest BCUT2D eigenvalue weighted by Gasteiger charge is -2.30. The quantitative estimate of drug-likeness (QED) is 0.808. The van der Waals surface area contributed by atoms with Crippen LogP contribution in [0, 0.1) is 6.92 Å². The first-order chi connectivity index (χ1) is 11.7. The molecule has 1 aliphatic heterocycles. The molecule has 0 unspecified atom stereocenters. The highest BCUT2D eigenvalue weighted by molar-refractivity contribution is 5.92. The highest BCUT2D eigenvalue weighted by atomic mass is 16.5. The molecule has 0 aliphatic carbocycles. The highest BCUT2D eigenvalue weighted by Crippen LogP contribution is 2.26. The van der Waals surface area contributed by atoms with E-state index < -0.39 is 0 Å². The molecule has 2 aromatic rings. The standard InChI is InChI=1S/C18H21N3O3/c1-13-19-18(24-20-13)15-7-5-11-21(12-15)17(22)10-9-14-6-3-4-8-16(14)23-2/h3-4,6,8-10,15H,5,7,11-12H2,1-2H3/b10-9-/t15-/m1/s1. The Kier molecular flexibility index (Phi) is 4.93. The van der Waals surface area contributed by atoms with E-state index in [1.807, 2.05) is 29.2 Å². The van der Waals surface area contributed by atoms with E-state index in [1.165, 1.54) is 0 Å². The minimum Gasteiger partial charge on any atom is -0.496 e. The SMILES string of the molecule is COc1ccccc1/C=C\C(=O)N1CCC[C@@H](c2nc(C)no2)C1. The zero-order chi connectivity index (χ0) is 16.9. The van der Waals surface area contributed by atoms with Gasteiger partial charge in [0.05, 0.1) is 13.0 Å². The van der Waals surface area contributed by atoms with Crippen LogP contribution < -0.4 is 4.74 Å². The predicted octanol–water partition coefficient (Wildman–Crippen LogP) is 2.81. The van der Waals surface area contributed by atoms with Crippen LogP contribution in [-0.4, -0.2) is 41.1 Å². The van der Waals surface area contributed by atoms with Gasteiger partial charge < -0.3 is 14.2 Å². The van der Waals surface area contributed by atoms with E-state index in [0.29, 0.717) is 18.3 Å². The average molecular weight is 327 g/mol. The molecule has 1 aromatic heterocycles. The molecule has 3 rings (SSSR count). The van der Waals surface area contributed by atoms with Gasteiger partial charge in [0, 0.05) is 24.7 Å². The highest BCUT2D eigenvalue weighted by Gasteiger charge is 2.27. The van der Waals surface area contributed by atoms with Gasteiger partial charge in [-0.2, -0.15) is 4.98 Å². The molecule has 2 heterocycles. The lowest BCUT2D eigenvalue weighted by Crippen LogP contribution is -2.38. The lowest BCUT2D eigenvalue weighted by molar-refractivity contribution is -0.127. The van der Waals surface area contributed by atoms with E-state index in [9.17, 15) is 4.79 Å². The van der Waals surface area contributed by atoms with E-state index in [0.717, 1.165) is 30.7 Å². The summed E-state index contributed by atoms with van der Waals surface area (Å²) >= 11 is 0. The van der Waals surface area contributed by atoms with Gasteiger partial charge in [-0.25, -0.2) is 0 Å². The number of benzene rings is 1. The molecule has 1 aliphatic rings. The Morgan fingerprint density at radius 1 is 1.42 bits per heavy atom. The maximum atomic E-state index is 12.5. The van der Waals surface area contributed by atoms with Crippen molar-refractivity contribution in [1.82, 2.24) is 15.0 Å². The van der Waals surface area contributed by atoms with Crippen molar-refractivity contribution in [3.05, 3.63) is 47.6 Å². The molecule has 0 saturated carbocycles. The number of nitrogens with zero attached hydrogens (tertiary/aromatic N) is 3. The fourth-order valence-corrected chi connectivity index (χ4v) is 2.93. The molecule has 1 aromatic carbocycles. The first-order valence-corrected chi connectivity index (χ1v) is 8.07. The number of methoxy groups -OCH3 is 1. The van der Waals surface area contributed by atoms with E-state index >= 15 is 0 Å². The third kappa shape index (κ3) is 3.64. The van der Waals surface area contributed by atoms with Crippen LogP contribution in [0.2, 0.25) is 0 Å². The molecule has 1 atom stereocenters. The summed E-state index contributed by atoms with van der Waals surface area (Å²) in [6.07, 6.45) is 5.28.